The van der Waals surface area contributed by atoms with E-state index in [2.05, 4.69) is 10.0 Å². The van der Waals surface area contributed by atoms with E-state index in [4.69, 9.17) is 4.74 Å². The number of nitrogens with one attached hydrogen (secondary N) is 2. The molecule has 120 valence electrons. The molecule has 1 saturated heterocycles. The minimum Gasteiger partial charge on any atom is -0.494 e. The Morgan fingerprint density at radius 3 is 2.86 bits per heavy atom. The summed E-state index contributed by atoms with van der Waals surface area (Å²) in [5, 5.41) is 3.23. The summed E-state index contributed by atoms with van der Waals surface area (Å²) in [4.78, 5) is 0.0134. The van der Waals surface area contributed by atoms with Gasteiger partial charge in [0.2, 0.25) is 10.0 Å². The molecule has 0 amide bonds. The van der Waals surface area contributed by atoms with E-state index in [0.717, 1.165) is 32.0 Å². The smallest absolute Gasteiger partial charge is 0.240 e. The van der Waals surface area contributed by atoms with Crippen LogP contribution in [0.1, 0.15) is 12.8 Å². The van der Waals surface area contributed by atoms with E-state index < -0.39 is 15.8 Å². The Hall–Kier alpha value is -0.890. The van der Waals surface area contributed by atoms with Crippen LogP contribution in [0.2, 0.25) is 0 Å². The van der Waals surface area contributed by atoms with E-state index in [0.29, 0.717) is 12.5 Å². The molecule has 0 saturated carbocycles. The SMILES string of the molecule is COc1cc(S(=O)(=O)NCC2CCCNC2)ccc1F.Cl. The molecule has 1 aromatic carbocycles. The van der Waals surface area contributed by atoms with Crippen molar-refractivity contribution in [3.8, 4) is 5.75 Å². The fourth-order valence-corrected chi connectivity index (χ4v) is 3.35. The topological polar surface area (TPSA) is 67.4 Å². The molecule has 21 heavy (non-hydrogen) atoms. The molecule has 1 unspecified atom stereocenters. The monoisotopic (exact) mass is 338 g/mol. The van der Waals surface area contributed by atoms with Gasteiger partial charge in [-0.2, -0.15) is 0 Å². The zero-order valence-corrected chi connectivity index (χ0v) is 13.4. The molecule has 2 N–H and O–H groups in total. The van der Waals surface area contributed by atoms with Gasteiger partial charge in [0.25, 0.3) is 0 Å². The number of hydrogen-bond acceptors (Lipinski definition) is 4. The molecule has 5 nitrogen and oxygen atoms in total. The van der Waals surface area contributed by atoms with Gasteiger partial charge in [-0.1, -0.05) is 0 Å². The van der Waals surface area contributed by atoms with Crippen molar-refractivity contribution in [1.29, 1.82) is 0 Å². The summed E-state index contributed by atoms with van der Waals surface area (Å²) < 4.78 is 44.9. The number of hydrogen-bond donors (Lipinski definition) is 2. The van der Waals surface area contributed by atoms with E-state index in [-0.39, 0.29) is 23.1 Å². The van der Waals surface area contributed by atoms with Gasteiger partial charge in [0, 0.05) is 12.6 Å². The summed E-state index contributed by atoms with van der Waals surface area (Å²) in [6.07, 6.45) is 2.05. The number of halogens is 2. The van der Waals surface area contributed by atoms with Gasteiger partial charge in [-0.25, -0.2) is 17.5 Å². The molecule has 1 atom stereocenters. The molecule has 0 aliphatic carbocycles. The van der Waals surface area contributed by atoms with Crippen molar-refractivity contribution in [2.45, 2.75) is 17.7 Å². The lowest BCUT2D eigenvalue weighted by atomic mass is 10.0. The van der Waals surface area contributed by atoms with E-state index in [1.54, 1.807) is 0 Å². The molecule has 1 heterocycles. The van der Waals surface area contributed by atoms with Crippen LogP contribution < -0.4 is 14.8 Å². The Morgan fingerprint density at radius 2 is 2.24 bits per heavy atom. The predicted octanol–water partition coefficient (Wildman–Crippen LogP) is 1.53. The van der Waals surface area contributed by atoms with Crippen LogP contribution in [0.4, 0.5) is 4.39 Å². The molecule has 1 aliphatic heterocycles. The van der Waals surface area contributed by atoms with E-state index in [9.17, 15) is 12.8 Å². The first kappa shape index (κ1) is 18.2. The maximum absolute atomic E-state index is 13.3. The second kappa shape index (κ2) is 7.93. The molecular weight excluding hydrogens is 319 g/mol. The van der Waals surface area contributed by atoms with E-state index in [1.807, 2.05) is 0 Å². The summed E-state index contributed by atoms with van der Waals surface area (Å²) >= 11 is 0. The molecular formula is C13H20ClFN2O3S. The van der Waals surface area contributed by atoms with Crippen molar-refractivity contribution in [2.24, 2.45) is 5.92 Å². The third-order valence-corrected chi connectivity index (χ3v) is 4.82. The van der Waals surface area contributed by atoms with Crippen LogP contribution in [0.3, 0.4) is 0 Å². The van der Waals surface area contributed by atoms with Gasteiger partial charge in [-0.15, -0.1) is 12.4 Å². The van der Waals surface area contributed by atoms with Crippen molar-refractivity contribution in [3.63, 3.8) is 0 Å². The molecule has 1 aromatic rings. The normalized spacial score (nSPS) is 18.9. The van der Waals surface area contributed by atoms with Gasteiger partial charge >= 0.3 is 0 Å². The Morgan fingerprint density at radius 1 is 1.48 bits per heavy atom. The van der Waals surface area contributed by atoms with Crippen molar-refractivity contribution < 1.29 is 17.5 Å². The van der Waals surface area contributed by atoms with Gasteiger partial charge in [-0.3, -0.25) is 0 Å². The number of sulfonamides is 1. The number of piperidine rings is 1. The zero-order valence-electron chi connectivity index (χ0n) is 11.8. The van der Waals surface area contributed by atoms with Crippen LogP contribution in [0, 0.1) is 11.7 Å². The summed E-state index contributed by atoms with van der Waals surface area (Å²) in [6.45, 7) is 2.18. The Kier molecular flexibility index (Phi) is 6.86. The second-order valence-corrected chi connectivity index (χ2v) is 6.63. The van der Waals surface area contributed by atoms with Crippen LogP contribution >= 0.6 is 12.4 Å². The molecule has 0 bridgehead atoms. The molecule has 0 spiro atoms. The minimum absolute atomic E-state index is 0. The second-order valence-electron chi connectivity index (χ2n) is 4.86. The predicted molar refractivity (Wildman–Crippen MR) is 81.0 cm³/mol. The van der Waals surface area contributed by atoms with Gasteiger partial charge in [-0.05, 0) is 44.0 Å². The lowest BCUT2D eigenvalue weighted by Gasteiger charge is -2.22. The van der Waals surface area contributed by atoms with Crippen molar-refractivity contribution in [3.05, 3.63) is 24.0 Å². The highest BCUT2D eigenvalue weighted by Crippen LogP contribution is 2.21. The van der Waals surface area contributed by atoms with E-state index >= 15 is 0 Å². The Bertz CT molecular complexity index is 563. The summed E-state index contributed by atoms with van der Waals surface area (Å²) in [5.74, 6) is -0.365. The largest absolute Gasteiger partial charge is 0.494 e. The zero-order chi connectivity index (χ0) is 14.6. The minimum atomic E-state index is -3.63. The van der Waals surface area contributed by atoms with Gasteiger partial charge in [0.15, 0.2) is 11.6 Å². The average molecular weight is 339 g/mol. The van der Waals surface area contributed by atoms with Crippen LogP contribution in [0.25, 0.3) is 0 Å². The van der Waals surface area contributed by atoms with Crippen LogP contribution in [0.15, 0.2) is 23.1 Å². The number of methoxy groups -OCH3 is 1. The lowest BCUT2D eigenvalue weighted by Crippen LogP contribution is -2.38. The third kappa shape index (κ3) is 4.81. The van der Waals surface area contributed by atoms with Gasteiger partial charge in [0.1, 0.15) is 0 Å². The van der Waals surface area contributed by atoms with Crippen molar-refractivity contribution in [1.82, 2.24) is 10.0 Å². The summed E-state index contributed by atoms with van der Waals surface area (Å²) in [5.41, 5.74) is 0. The first-order valence-corrected chi connectivity index (χ1v) is 8.05. The maximum atomic E-state index is 13.3. The van der Waals surface area contributed by atoms with Crippen molar-refractivity contribution in [2.75, 3.05) is 26.7 Å². The Labute approximate surface area is 130 Å². The van der Waals surface area contributed by atoms with Gasteiger partial charge in [0.05, 0.1) is 12.0 Å². The lowest BCUT2D eigenvalue weighted by molar-refractivity contribution is 0.375. The molecule has 0 aromatic heterocycles. The average Bonchev–Trinajstić information content (AvgIpc) is 2.46. The summed E-state index contributed by atoms with van der Waals surface area (Å²) in [6, 6.07) is 3.52. The highest BCUT2D eigenvalue weighted by Gasteiger charge is 2.20. The first-order chi connectivity index (χ1) is 9.53. The Balaban J connectivity index is 0.00000220. The summed E-state index contributed by atoms with van der Waals surface area (Å²) in [7, 11) is -2.33. The van der Waals surface area contributed by atoms with Gasteiger partial charge < -0.3 is 10.1 Å². The third-order valence-electron chi connectivity index (χ3n) is 3.39. The van der Waals surface area contributed by atoms with Crippen molar-refractivity contribution >= 4 is 22.4 Å². The van der Waals surface area contributed by atoms with E-state index in [1.165, 1.54) is 19.2 Å². The fourth-order valence-electron chi connectivity index (χ4n) is 2.22. The maximum Gasteiger partial charge on any atom is 0.240 e. The van der Waals surface area contributed by atoms with Crippen LogP contribution in [0.5, 0.6) is 5.75 Å². The first-order valence-electron chi connectivity index (χ1n) is 6.57. The quantitative estimate of drug-likeness (QED) is 0.854. The molecule has 1 fully saturated rings. The van der Waals surface area contributed by atoms with Crippen LogP contribution in [-0.2, 0) is 10.0 Å². The number of benzene rings is 1. The fraction of sp³-hybridized carbons (Fsp3) is 0.538. The van der Waals surface area contributed by atoms with Crippen LogP contribution in [-0.4, -0.2) is 35.2 Å². The number of ether oxygens (including phenoxy) is 1. The molecule has 1 aliphatic rings. The highest BCUT2D eigenvalue weighted by atomic mass is 35.5. The number of rotatable bonds is 5. The molecule has 2 rings (SSSR count). The molecule has 0 radical (unpaired) electrons. The highest BCUT2D eigenvalue weighted by molar-refractivity contribution is 7.89. The standard InChI is InChI=1S/C13H19FN2O3S.ClH/c1-19-13-7-11(4-5-12(13)14)20(17,18)16-9-10-3-2-6-15-8-10;/h4-5,7,10,15-16H,2-3,6,8-9H2,1H3;1H. The molecule has 8 heteroatoms.